The lowest BCUT2D eigenvalue weighted by molar-refractivity contribution is -0.149. The molecule has 5 aromatic rings. The highest BCUT2D eigenvalue weighted by atomic mass is 32.2. The van der Waals surface area contributed by atoms with Crippen LogP contribution in [0.4, 0.5) is 0 Å². The number of hydrogen-bond acceptors (Lipinski definition) is 24. The number of likely N-dealkylation sites (N-methyl/N-ethyl adjacent to an activating group) is 3. The fourth-order valence-corrected chi connectivity index (χ4v) is 17.5. The lowest BCUT2D eigenvalue weighted by atomic mass is 10.00. The van der Waals surface area contributed by atoms with Crippen LogP contribution in [0, 0.1) is 11.8 Å². The van der Waals surface area contributed by atoms with Crippen molar-refractivity contribution in [3.8, 4) is 5.75 Å². The second-order valence-electron chi connectivity index (χ2n) is 35.1. The zero-order chi connectivity index (χ0) is 98.6. The number of amides is 17. The second kappa shape index (κ2) is 50.3. The Bertz CT molecular complexity index is 5050. The number of imidazole rings is 1. The molecular weight excluding hydrogens is 1760 g/mol. The third-order valence-electron chi connectivity index (χ3n) is 23.9. The molecule has 3 saturated heterocycles. The zero-order valence-electron chi connectivity index (χ0n) is 77.3. The number of aromatic hydroxyl groups is 1. The highest BCUT2D eigenvalue weighted by molar-refractivity contribution is 8.00. The zero-order valence-corrected chi connectivity index (χ0v) is 78.1. The van der Waals surface area contributed by atoms with Crippen LogP contribution in [-0.4, -0.2) is 317 Å². The number of pyridine rings is 1. The molecule has 22 N–H and O–H groups in total. The monoisotopic (exact) mass is 1890 g/mol. The maximum absolute atomic E-state index is 15.9. The van der Waals surface area contributed by atoms with E-state index >= 15 is 33.6 Å². The number of nitrogens with zero attached hydrogens (tertiary/aromatic N) is 7. The summed E-state index contributed by atoms with van der Waals surface area (Å²) in [6.45, 7) is 9.74. The maximum Gasteiger partial charge on any atom is 0.311 e. The molecule has 0 radical (unpaired) electrons. The van der Waals surface area contributed by atoms with Gasteiger partial charge in [-0.2, -0.15) is 0 Å². The molecule has 43 nitrogen and oxygen atoms in total. The van der Waals surface area contributed by atoms with Gasteiger partial charge in [-0.05, 0) is 112 Å². The quantitative estimate of drug-likeness (QED) is 0.0262. The molecule has 6 heterocycles. The van der Waals surface area contributed by atoms with Crippen molar-refractivity contribution in [3.63, 3.8) is 0 Å². The van der Waals surface area contributed by atoms with E-state index in [1.54, 1.807) is 82.6 Å². The normalized spacial score (nSPS) is 24.9. The van der Waals surface area contributed by atoms with E-state index in [-0.39, 0.29) is 100.0 Å². The summed E-state index contributed by atoms with van der Waals surface area (Å²) in [7, 11) is 3.88. The summed E-state index contributed by atoms with van der Waals surface area (Å²) in [6, 6.07) is -4.16. The number of fused-ring (bicyclic) bond motifs is 4. The van der Waals surface area contributed by atoms with Crippen molar-refractivity contribution in [2.45, 2.75) is 248 Å². The summed E-state index contributed by atoms with van der Waals surface area (Å²) in [5, 5.41) is 58.8. The summed E-state index contributed by atoms with van der Waals surface area (Å²) in [6.07, 6.45) is 0.186. The van der Waals surface area contributed by atoms with Crippen molar-refractivity contribution in [1.29, 1.82) is 0 Å². The van der Waals surface area contributed by atoms with Gasteiger partial charge in [-0.15, -0.1) is 11.8 Å². The number of aromatic amines is 1. The van der Waals surface area contributed by atoms with Crippen molar-refractivity contribution < 1.29 is 102 Å². The number of benzene rings is 2. The summed E-state index contributed by atoms with van der Waals surface area (Å²) in [4.78, 5) is 275. The summed E-state index contributed by atoms with van der Waals surface area (Å²) in [5.74, 6) is -19.0. The average molecular weight is 1890 g/mol. The van der Waals surface area contributed by atoms with E-state index < -0.39 is 254 Å². The van der Waals surface area contributed by atoms with E-state index in [4.69, 9.17) is 22.9 Å². The molecule has 2 aromatic carbocycles. The van der Waals surface area contributed by atoms with Crippen LogP contribution >= 0.6 is 11.8 Å². The number of para-hydroxylation sites is 1. The minimum atomic E-state index is -1.77. The molecule has 0 unspecified atom stereocenters. The van der Waals surface area contributed by atoms with Crippen molar-refractivity contribution >= 4 is 135 Å². The number of phenols is 1. The third kappa shape index (κ3) is 29.3. The fourth-order valence-electron chi connectivity index (χ4n) is 16.6. The molecule has 134 heavy (non-hydrogen) atoms. The van der Waals surface area contributed by atoms with Crippen LogP contribution in [0.25, 0.3) is 16.4 Å². The van der Waals surface area contributed by atoms with Crippen LogP contribution in [0.1, 0.15) is 155 Å². The summed E-state index contributed by atoms with van der Waals surface area (Å²) in [5.41, 5.74) is 25.5. The van der Waals surface area contributed by atoms with Crippen LogP contribution in [-0.2, 0) is 112 Å². The molecule has 3 fully saturated rings. The first-order valence-corrected chi connectivity index (χ1v) is 46.4. The van der Waals surface area contributed by atoms with Crippen LogP contribution in [0.5, 0.6) is 5.75 Å². The minimum Gasteiger partial charge on any atom is -0.508 e. The largest absolute Gasteiger partial charge is 0.508 e. The number of rotatable bonds is 26. The van der Waals surface area contributed by atoms with Crippen molar-refractivity contribution in [1.82, 2.24) is 92.0 Å². The van der Waals surface area contributed by atoms with E-state index in [0.717, 1.165) is 36.3 Å². The van der Waals surface area contributed by atoms with Gasteiger partial charge >= 0.3 is 5.97 Å². The average Bonchev–Trinajstić information content (AvgIpc) is 1.64. The predicted octanol–water partition coefficient (Wildman–Crippen LogP) is -3.00. The van der Waals surface area contributed by atoms with E-state index in [1.807, 2.05) is 13.8 Å². The third-order valence-corrected chi connectivity index (χ3v) is 24.9. The van der Waals surface area contributed by atoms with Gasteiger partial charge in [0.1, 0.15) is 103 Å². The number of unbranched alkanes of at least 4 members (excludes halogenated alkanes) is 2. The second-order valence-corrected chi connectivity index (χ2v) is 36.1. The van der Waals surface area contributed by atoms with Crippen LogP contribution in [0.2, 0.25) is 0 Å². The van der Waals surface area contributed by atoms with Gasteiger partial charge in [0.05, 0.1) is 36.0 Å². The highest BCUT2D eigenvalue weighted by Gasteiger charge is 2.47. The van der Waals surface area contributed by atoms with Gasteiger partial charge in [0, 0.05) is 95.5 Å². The number of phenolic OH excluding ortho intramolecular Hbond substituents is 1. The number of H-pyrrole nitrogens is 1. The number of thioether (sulfide) groups is 1. The van der Waals surface area contributed by atoms with Crippen molar-refractivity contribution in [2.75, 3.05) is 65.4 Å². The van der Waals surface area contributed by atoms with Crippen molar-refractivity contribution in [3.05, 3.63) is 102 Å². The van der Waals surface area contributed by atoms with Gasteiger partial charge in [-0.25, -0.2) is 4.98 Å². The fraction of sp³-hybridized carbons (Fsp3) is 0.567. The molecule has 3 aromatic heterocycles. The Morgan fingerprint density at radius 2 is 1.14 bits per heavy atom. The number of hydrogen-bond donors (Lipinski definition) is 18. The van der Waals surface area contributed by atoms with Crippen molar-refractivity contribution in [2.24, 2.45) is 34.8 Å². The molecule has 17 amide bonds. The van der Waals surface area contributed by atoms with Gasteiger partial charge in [-0.1, -0.05) is 104 Å². The Balaban J connectivity index is 1.21. The molecule has 0 spiro atoms. The van der Waals surface area contributed by atoms with E-state index in [9.17, 15) is 68.1 Å². The van der Waals surface area contributed by atoms with Gasteiger partial charge in [0.15, 0.2) is 0 Å². The Kier molecular flexibility index (Phi) is 40.0. The number of aliphatic hydroxyl groups excluding tert-OH is 1. The first-order valence-electron chi connectivity index (χ1n) is 45.2. The van der Waals surface area contributed by atoms with E-state index in [2.05, 4.69) is 63.1 Å². The molecule has 3 aliphatic heterocycles. The molecule has 8 rings (SSSR count). The number of carboxylic acids is 1. The van der Waals surface area contributed by atoms with Crippen LogP contribution in [0.15, 0.2) is 79.1 Å². The van der Waals surface area contributed by atoms with Crippen LogP contribution < -0.4 is 76.1 Å². The maximum atomic E-state index is 15.9. The Morgan fingerprint density at radius 3 is 1.79 bits per heavy atom. The number of nitrogens with one attached hydrogen (secondary N) is 11. The molecular formula is C90H130N22O21S. The number of primary amides is 2. The lowest BCUT2D eigenvalue weighted by Gasteiger charge is -2.36. The number of aliphatic hydroxyl groups is 1. The standard InChI is InChI=1S/C90H130N22O21S/c1-11-13-22-68-83(126)100-59(34-48(3)4)80(123)106-66(78(121)96-44-73(94)116)46-134-47-75(117)98-62(36-51-26-28-53(113)29-27-51)86(129)107(8)50(7)77(120)102-64(40-72(93)115)88(131)111-33-19-25-69(111)84(127)105-65(42-92)82(125)103-61(35-49(5)6)89(132)112-45-54(114)38-71(112)85(128)101-60(37-52-43-95-56-21-16-15-20-55(52)56)81(124)99-57(30-31-91)79(122)104-63(87(130)109(10)70(23-14-12-2)90(133)108(68)9)39-58-67-24-17-18-32-110(67)74(97-58)41-76(118)119/h15-18,20-21,24,26-29,32,43,48-50,54,57,59-66,68-71,95,113-114H,11-14,19,22-23,25,30-31,33-42,44-47,91-92H2,1-10H3,(H2,93,115)(H2,94,116)(H,96,121)(H,98,117)(H,99,124)(H,100,126)(H,101,128)(H,102,120)(H,103,125)(H,104,122)(H,105,127)(H,106,123)(H,118,119)/t50-,54+,57-,59-,60-,61-,62-,63-,64-,65-,66-,68-,69-,70-,71-/m0/s1. The molecule has 3 aliphatic rings. The van der Waals surface area contributed by atoms with Gasteiger partial charge < -0.3 is 125 Å². The lowest BCUT2D eigenvalue weighted by Crippen LogP contribution is -2.62. The molecule has 0 bridgehead atoms. The molecule has 732 valence electrons. The van der Waals surface area contributed by atoms with Crippen LogP contribution in [0.3, 0.4) is 0 Å². The number of carbonyl (C=O) groups excluding carboxylic acids is 17. The topological polar surface area (TPSA) is 642 Å². The number of carboxylic acid groups (broad SMARTS) is 1. The molecule has 15 atom stereocenters. The SMILES string of the molecule is CCCC[C@H]1C(=O)N(C)[C@@H](CCCC)C(=O)N[C@@H](CC(C)C)C(=O)N[C@H](C(=O)NCC(N)=O)CSCC(=O)N[C@@H](Cc2ccc(O)cc2)C(=O)N(C)[C@@H](C)C(=O)N[C@@H](CC(N)=O)C(=O)N2CCC[C@H]2C(=O)N[C@@H](CN)C(=O)N[C@@H](CC(C)C)C(=O)N2C[C@H](O)C[C@H]2C(=O)N[C@@H](Cc2c[nH]c3ccccc23)C(=O)N[C@@H](CCN)C(=O)N[C@@H](Cc2nc(CC(=O)O)n3ccccc23)C(=O)N1C. The predicted molar refractivity (Wildman–Crippen MR) is 492 cm³/mol. The molecule has 44 heteroatoms. The first kappa shape index (κ1) is 107. The Hall–Kier alpha value is -12.8. The first-order chi connectivity index (χ1) is 63.6. The van der Waals surface area contributed by atoms with Gasteiger partial charge in [0.2, 0.25) is 100 Å². The number of carbonyl (C=O) groups is 18. The number of aromatic nitrogens is 3. The molecule has 0 saturated carbocycles. The summed E-state index contributed by atoms with van der Waals surface area (Å²) >= 11 is 0.782. The van der Waals surface area contributed by atoms with E-state index in [0.29, 0.717) is 53.2 Å². The number of nitrogens with two attached hydrogens (primary N) is 4. The van der Waals surface area contributed by atoms with Gasteiger partial charge in [-0.3, -0.25) is 86.3 Å². The van der Waals surface area contributed by atoms with Gasteiger partial charge in [0.25, 0.3) is 0 Å². The Labute approximate surface area is 780 Å². The molecule has 0 aliphatic carbocycles. The van der Waals surface area contributed by atoms with E-state index in [1.165, 1.54) is 56.7 Å². The smallest absolute Gasteiger partial charge is 0.311 e. The summed E-state index contributed by atoms with van der Waals surface area (Å²) < 4.78 is 1.49. The number of aliphatic carboxylic acids is 1. The Morgan fingerprint density at radius 1 is 0.575 bits per heavy atom. The minimum absolute atomic E-state index is 0.00577. The highest BCUT2D eigenvalue weighted by Crippen LogP contribution is 2.28.